The van der Waals surface area contributed by atoms with E-state index in [0.717, 1.165) is 43.6 Å². The predicted molar refractivity (Wildman–Crippen MR) is 93.9 cm³/mol. The molecule has 0 N–H and O–H groups in total. The maximum atomic E-state index is 6.17. The minimum atomic E-state index is -0.273. The Hall–Kier alpha value is -1.72. The molecule has 2 aromatic carbocycles. The summed E-state index contributed by atoms with van der Waals surface area (Å²) < 4.78 is 23.9. The minimum Gasteiger partial charge on any atom is -0.348 e. The van der Waals surface area contributed by atoms with Gasteiger partial charge in [-0.2, -0.15) is 0 Å². The summed E-state index contributed by atoms with van der Waals surface area (Å²) in [5.74, 6) is 0. The molecule has 4 heteroatoms. The van der Waals surface area contributed by atoms with Gasteiger partial charge in [-0.25, -0.2) is 0 Å². The smallest absolute Gasteiger partial charge is 0.184 e. The molecular weight excluding hydrogens is 316 g/mol. The van der Waals surface area contributed by atoms with Crippen molar-refractivity contribution in [1.82, 2.24) is 0 Å². The average Bonchev–Trinajstić information content (AvgIpc) is 2.70. The molecule has 4 atom stereocenters. The number of hydrogen-bond acceptors (Lipinski definition) is 4. The highest BCUT2D eigenvalue weighted by molar-refractivity contribution is 5.17. The zero-order chi connectivity index (χ0) is 16.9. The number of rotatable bonds is 4. The van der Waals surface area contributed by atoms with Crippen LogP contribution in [-0.2, 0) is 18.9 Å². The lowest BCUT2D eigenvalue weighted by molar-refractivity contribution is -0.249. The van der Waals surface area contributed by atoms with Crippen molar-refractivity contribution in [3.05, 3.63) is 71.8 Å². The summed E-state index contributed by atoms with van der Waals surface area (Å²) >= 11 is 0. The van der Waals surface area contributed by atoms with Crippen LogP contribution in [0.25, 0.3) is 0 Å². The van der Waals surface area contributed by atoms with Crippen LogP contribution in [0, 0.1) is 0 Å². The molecule has 0 saturated carbocycles. The Bertz CT molecular complexity index is 588. The third-order valence-corrected chi connectivity index (χ3v) is 4.72. The van der Waals surface area contributed by atoms with Crippen molar-refractivity contribution in [1.29, 1.82) is 0 Å². The van der Waals surface area contributed by atoms with Crippen LogP contribution in [-0.4, -0.2) is 25.4 Å². The fraction of sp³-hybridized carbons (Fsp3) is 0.429. The van der Waals surface area contributed by atoms with Crippen molar-refractivity contribution in [2.45, 2.75) is 44.1 Å². The van der Waals surface area contributed by atoms with Gasteiger partial charge in [0.2, 0.25) is 0 Å². The van der Waals surface area contributed by atoms with E-state index in [1.807, 2.05) is 60.7 Å². The molecule has 2 fully saturated rings. The molecule has 2 saturated heterocycles. The van der Waals surface area contributed by atoms with Crippen LogP contribution in [0.3, 0.4) is 0 Å². The maximum Gasteiger partial charge on any atom is 0.184 e. The SMILES string of the molecule is c1ccc([C@@H]2OCC[C@H](C[C@@H]3CCO[C@H](c4ccccc4)O3)O2)cc1. The highest BCUT2D eigenvalue weighted by Gasteiger charge is 2.30. The lowest BCUT2D eigenvalue weighted by atomic mass is 10.0. The van der Waals surface area contributed by atoms with Crippen molar-refractivity contribution in [3.63, 3.8) is 0 Å². The third kappa shape index (κ3) is 4.28. The second-order valence-corrected chi connectivity index (χ2v) is 6.56. The average molecular weight is 340 g/mol. The summed E-state index contributed by atoms with van der Waals surface area (Å²) in [5, 5.41) is 0. The minimum absolute atomic E-state index is 0.151. The summed E-state index contributed by atoms with van der Waals surface area (Å²) in [6.45, 7) is 1.44. The Morgan fingerprint density at radius 2 is 1.08 bits per heavy atom. The lowest BCUT2D eigenvalue weighted by Crippen LogP contribution is -2.34. The van der Waals surface area contributed by atoms with Crippen molar-refractivity contribution >= 4 is 0 Å². The molecule has 0 aromatic heterocycles. The van der Waals surface area contributed by atoms with Crippen molar-refractivity contribution < 1.29 is 18.9 Å². The van der Waals surface area contributed by atoms with E-state index in [1.165, 1.54) is 0 Å². The maximum absolute atomic E-state index is 6.17. The summed E-state index contributed by atoms with van der Waals surface area (Å²) in [4.78, 5) is 0. The van der Waals surface area contributed by atoms with E-state index in [-0.39, 0.29) is 24.8 Å². The van der Waals surface area contributed by atoms with Gasteiger partial charge in [-0.15, -0.1) is 0 Å². The standard InChI is InChI=1S/C21H24O4/c1-3-7-16(8-4-1)20-22-13-11-18(24-20)15-19-12-14-23-21(25-19)17-9-5-2-6-10-17/h1-10,18-21H,11-15H2/t18-,19+,20-,21+. The summed E-state index contributed by atoms with van der Waals surface area (Å²) in [6, 6.07) is 20.2. The van der Waals surface area contributed by atoms with Gasteiger partial charge in [-0.1, -0.05) is 60.7 Å². The Morgan fingerprint density at radius 1 is 0.640 bits per heavy atom. The van der Waals surface area contributed by atoms with Gasteiger partial charge in [0.1, 0.15) is 0 Å². The molecular formula is C21H24O4. The Kier molecular flexibility index (Phi) is 5.43. The van der Waals surface area contributed by atoms with Gasteiger partial charge in [0.15, 0.2) is 12.6 Å². The van der Waals surface area contributed by atoms with Gasteiger partial charge in [-0.3, -0.25) is 0 Å². The largest absolute Gasteiger partial charge is 0.348 e. The molecule has 25 heavy (non-hydrogen) atoms. The van der Waals surface area contributed by atoms with Gasteiger partial charge >= 0.3 is 0 Å². The number of ether oxygens (including phenoxy) is 4. The second-order valence-electron chi connectivity index (χ2n) is 6.56. The number of benzene rings is 2. The van der Waals surface area contributed by atoms with Gasteiger partial charge in [0.25, 0.3) is 0 Å². The molecule has 2 heterocycles. The van der Waals surface area contributed by atoms with Gasteiger partial charge in [0.05, 0.1) is 25.4 Å². The molecule has 2 aliphatic heterocycles. The van der Waals surface area contributed by atoms with Gasteiger partial charge in [-0.05, 0) is 12.8 Å². The van der Waals surface area contributed by atoms with E-state index < -0.39 is 0 Å². The highest BCUT2D eigenvalue weighted by Crippen LogP contribution is 2.32. The van der Waals surface area contributed by atoms with Gasteiger partial charge in [0, 0.05) is 17.5 Å². The summed E-state index contributed by atoms with van der Waals surface area (Å²) in [6.07, 6.45) is 2.44. The topological polar surface area (TPSA) is 36.9 Å². The molecule has 132 valence electrons. The first-order valence-corrected chi connectivity index (χ1v) is 9.02. The second kappa shape index (κ2) is 8.11. The van der Waals surface area contributed by atoms with Crippen LogP contribution in [0.4, 0.5) is 0 Å². The van der Waals surface area contributed by atoms with E-state index >= 15 is 0 Å². The van der Waals surface area contributed by atoms with E-state index in [4.69, 9.17) is 18.9 Å². The van der Waals surface area contributed by atoms with Crippen molar-refractivity contribution in [2.75, 3.05) is 13.2 Å². The molecule has 4 rings (SSSR count). The van der Waals surface area contributed by atoms with Crippen LogP contribution < -0.4 is 0 Å². The van der Waals surface area contributed by atoms with E-state index in [0.29, 0.717) is 0 Å². The Labute approximate surface area is 148 Å². The Balaban J connectivity index is 1.35. The third-order valence-electron chi connectivity index (χ3n) is 4.72. The molecule has 2 aliphatic rings. The predicted octanol–water partition coefficient (Wildman–Crippen LogP) is 4.39. The Morgan fingerprint density at radius 3 is 1.52 bits per heavy atom. The lowest BCUT2D eigenvalue weighted by Gasteiger charge is -2.35. The van der Waals surface area contributed by atoms with Crippen LogP contribution in [0.1, 0.15) is 43.0 Å². The van der Waals surface area contributed by atoms with Crippen LogP contribution in [0.5, 0.6) is 0 Å². The fourth-order valence-corrected chi connectivity index (χ4v) is 3.39. The zero-order valence-electron chi connectivity index (χ0n) is 14.3. The normalized spacial score (nSPS) is 30.1. The van der Waals surface area contributed by atoms with Crippen molar-refractivity contribution in [3.8, 4) is 0 Å². The molecule has 0 radical (unpaired) electrons. The molecule has 0 aliphatic carbocycles. The van der Waals surface area contributed by atoms with Crippen molar-refractivity contribution in [2.24, 2.45) is 0 Å². The molecule has 0 spiro atoms. The van der Waals surface area contributed by atoms with Gasteiger partial charge < -0.3 is 18.9 Å². The fourth-order valence-electron chi connectivity index (χ4n) is 3.39. The zero-order valence-corrected chi connectivity index (χ0v) is 14.3. The monoisotopic (exact) mass is 340 g/mol. The molecule has 0 bridgehead atoms. The van der Waals surface area contributed by atoms with Crippen LogP contribution in [0.2, 0.25) is 0 Å². The highest BCUT2D eigenvalue weighted by atomic mass is 16.7. The van der Waals surface area contributed by atoms with E-state index in [9.17, 15) is 0 Å². The first-order chi connectivity index (χ1) is 12.4. The molecule has 4 nitrogen and oxygen atoms in total. The molecule has 0 amide bonds. The van der Waals surface area contributed by atoms with Crippen LogP contribution >= 0.6 is 0 Å². The summed E-state index contributed by atoms with van der Waals surface area (Å²) in [5.41, 5.74) is 2.14. The van der Waals surface area contributed by atoms with E-state index in [2.05, 4.69) is 0 Å². The quantitative estimate of drug-likeness (QED) is 0.827. The first-order valence-electron chi connectivity index (χ1n) is 9.02. The first kappa shape index (κ1) is 16.7. The van der Waals surface area contributed by atoms with E-state index in [1.54, 1.807) is 0 Å². The van der Waals surface area contributed by atoms with Crippen LogP contribution in [0.15, 0.2) is 60.7 Å². The molecule has 0 unspecified atom stereocenters. The molecule has 2 aromatic rings. The number of hydrogen-bond donors (Lipinski definition) is 0. The summed E-state index contributed by atoms with van der Waals surface area (Å²) in [7, 11) is 0.